The summed E-state index contributed by atoms with van der Waals surface area (Å²) in [4.78, 5) is 11.1. The van der Waals surface area contributed by atoms with Gasteiger partial charge >= 0.3 is 0 Å². The molecular weight excluding hydrogens is 147 g/mol. The molecule has 0 amide bonds. The Morgan fingerprint density at radius 1 is 1.64 bits per heavy atom. The van der Waals surface area contributed by atoms with Crippen LogP contribution in [-0.2, 0) is 9.53 Å². The van der Waals surface area contributed by atoms with E-state index in [9.17, 15) is 9.18 Å². The van der Waals surface area contributed by atoms with Gasteiger partial charge in [0.25, 0.3) is 0 Å². The molecule has 2 nitrogen and oxygen atoms in total. The van der Waals surface area contributed by atoms with Crippen LogP contribution in [0, 0.1) is 5.41 Å². The largest absolute Gasteiger partial charge is 0.371 e. The van der Waals surface area contributed by atoms with Gasteiger partial charge in [-0.25, -0.2) is 4.39 Å². The van der Waals surface area contributed by atoms with Gasteiger partial charge in [0.2, 0.25) is 0 Å². The second-order valence-corrected chi connectivity index (χ2v) is 3.80. The number of alkyl halides is 1. The Balaban J connectivity index is 2.14. The van der Waals surface area contributed by atoms with Gasteiger partial charge in [-0.3, -0.25) is 4.79 Å². The molecule has 2 aliphatic heterocycles. The average molecular weight is 158 g/mol. The van der Waals surface area contributed by atoms with Gasteiger partial charge in [0.15, 0.2) is 0 Å². The van der Waals surface area contributed by atoms with Crippen molar-refractivity contribution >= 4 is 5.78 Å². The molecule has 2 bridgehead atoms. The number of carbonyl (C=O) groups excluding carboxylic acids is 1. The summed E-state index contributed by atoms with van der Waals surface area (Å²) in [6.45, 7) is 1.56. The summed E-state index contributed by atoms with van der Waals surface area (Å²) in [6, 6.07) is 0. The molecule has 1 saturated carbocycles. The number of hydrogen-bond acceptors (Lipinski definition) is 2. The number of halogens is 1. The topological polar surface area (TPSA) is 26.3 Å². The van der Waals surface area contributed by atoms with E-state index >= 15 is 0 Å². The van der Waals surface area contributed by atoms with Crippen molar-refractivity contribution in [2.45, 2.75) is 25.4 Å². The molecule has 0 atom stereocenters. The lowest BCUT2D eigenvalue weighted by Gasteiger charge is -2.40. The Hall–Kier alpha value is -0.440. The van der Waals surface area contributed by atoms with Crippen molar-refractivity contribution in [1.29, 1.82) is 0 Å². The van der Waals surface area contributed by atoms with Crippen molar-refractivity contribution in [3.63, 3.8) is 0 Å². The third-order valence-corrected chi connectivity index (χ3v) is 2.97. The van der Waals surface area contributed by atoms with E-state index in [1.807, 2.05) is 0 Å². The quantitative estimate of drug-likeness (QED) is 0.601. The SMILES string of the molecule is CC(=O)C12COC(CF)(C1)C2. The molecule has 3 rings (SSSR count). The summed E-state index contributed by atoms with van der Waals surface area (Å²) in [5.41, 5.74) is -0.863. The van der Waals surface area contributed by atoms with Crippen LogP contribution in [0.1, 0.15) is 19.8 Å². The van der Waals surface area contributed by atoms with Crippen LogP contribution in [0.5, 0.6) is 0 Å². The zero-order valence-corrected chi connectivity index (χ0v) is 6.52. The minimum atomic E-state index is -0.564. The lowest BCUT2D eigenvalue weighted by Crippen LogP contribution is -2.49. The smallest absolute Gasteiger partial charge is 0.138 e. The molecule has 2 saturated heterocycles. The Labute approximate surface area is 64.7 Å². The van der Waals surface area contributed by atoms with Gasteiger partial charge in [-0.05, 0) is 19.8 Å². The second kappa shape index (κ2) is 1.83. The van der Waals surface area contributed by atoms with E-state index in [-0.39, 0.29) is 11.2 Å². The standard InChI is InChI=1S/C8H11FO2/c1-6(10)7-2-8(3-7,4-9)11-5-7/h2-5H2,1H3. The van der Waals surface area contributed by atoms with Gasteiger partial charge in [-0.2, -0.15) is 0 Å². The maximum atomic E-state index is 12.3. The Kier molecular flexibility index (Phi) is 1.20. The fraction of sp³-hybridized carbons (Fsp3) is 0.875. The number of carbonyl (C=O) groups is 1. The van der Waals surface area contributed by atoms with Gasteiger partial charge < -0.3 is 4.74 Å². The van der Waals surface area contributed by atoms with Gasteiger partial charge in [0, 0.05) is 0 Å². The van der Waals surface area contributed by atoms with Gasteiger partial charge in [0.05, 0.1) is 17.6 Å². The van der Waals surface area contributed by atoms with Crippen molar-refractivity contribution in [1.82, 2.24) is 0 Å². The van der Waals surface area contributed by atoms with E-state index in [2.05, 4.69) is 0 Å². The first-order valence-electron chi connectivity index (χ1n) is 3.84. The van der Waals surface area contributed by atoms with E-state index in [0.717, 1.165) is 0 Å². The molecule has 1 aliphatic carbocycles. The molecule has 3 fully saturated rings. The molecule has 11 heavy (non-hydrogen) atoms. The second-order valence-electron chi connectivity index (χ2n) is 3.80. The zero-order valence-electron chi connectivity index (χ0n) is 6.52. The third kappa shape index (κ3) is 0.719. The minimum absolute atomic E-state index is 0.152. The highest BCUT2D eigenvalue weighted by Crippen LogP contribution is 2.58. The van der Waals surface area contributed by atoms with Crippen LogP contribution in [0.3, 0.4) is 0 Å². The summed E-state index contributed by atoms with van der Waals surface area (Å²) < 4.78 is 17.6. The van der Waals surface area contributed by atoms with Crippen LogP contribution in [0.15, 0.2) is 0 Å². The maximum Gasteiger partial charge on any atom is 0.138 e. The lowest BCUT2D eigenvalue weighted by molar-refractivity contribution is -0.131. The third-order valence-electron chi connectivity index (χ3n) is 2.97. The predicted octanol–water partition coefficient (Wildman–Crippen LogP) is 1.09. The lowest BCUT2D eigenvalue weighted by atomic mass is 9.61. The molecule has 62 valence electrons. The Morgan fingerprint density at radius 3 is 2.55 bits per heavy atom. The van der Waals surface area contributed by atoms with Crippen LogP contribution in [0.25, 0.3) is 0 Å². The van der Waals surface area contributed by atoms with E-state index in [4.69, 9.17) is 4.74 Å². The molecule has 0 spiro atoms. The number of Topliss-reactive ketones (excluding diaryl/α,β-unsaturated/α-hetero) is 1. The highest BCUT2D eigenvalue weighted by Gasteiger charge is 2.64. The molecule has 0 N–H and O–H groups in total. The normalized spacial score (nSPS) is 47.1. The summed E-state index contributed by atoms with van der Waals surface area (Å²) in [7, 11) is 0. The molecule has 0 radical (unpaired) electrons. The maximum absolute atomic E-state index is 12.3. The Bertz CT molecular complexity index is 206. The summed E-state index contributed by atoms with van der Waals surface area (Å²) in [5, 5.41) is 0. The van der Waals surface area contributed by atoms with Crippen LogP contribution >= 0.6 is 0 Å². The summed E-state index contributed by atoms with van der Waals surface area (Å²) in [5.74, 6) is 0.152. The van der Waals surface area contributed by atoms with E-state index in [0.29, 0.717) is 19.4 Å². The van der Waals surface area contributed by atoms with Crippen molar-refractivity contribution in [2.24, 2.45) is 5.41 Å². The highest BCUT2D eigenvalue weighted by atomic mass is 19.1. The number of fused-ring (bicyclic) bond motifs is 1. The molecular formula is C8H11FO2. The van der Waals surface area contributed by atoms with E-state index in [1.165, 1.54) is 0 Å². The van der Waals surface area contributed by atoms with Crippen molar-refractivity contribution in [2.75, 3.05) is 13.3 Å². The number of ether oxygens (including phenoxy) is 1. The molecule has 3 heteroatoms. The first-order valence-corrected chi connectivity index (χ1v) is 3.84. The van der Waals surface area contributed by atoms with Crippen LogP contribution in [0.4, 0.5) is 4.39 Å². The number of ketones is 1. The van der Waals surface area contributed by atoms with E-state index in [1.54, 1.807) is 6.92 Å². The fourth-order valence-electron chi connectivity index (χ4n) is 2.16. The van der Waals surface area contributed by atoms with Crippen LogP contribution in [-0.4, -0.2) is 24.7 Å². The summed E-state index contributed by atoms with van der Waals surface area (Å²) in [6.07, 6.45) is 1.21. The zero-order chi connectivity index (χ0) is 8.11. The number of hydrogen-bond donors (Lipinski definition) is 0. The summed E-state index contributed by atoms with van der Waals surface area (Å²) >= 11 is 0. The van der Waals surface area contributed by atoms with Crippen molar-refractivity contribution in [3.05, 3.63) is 0 Å². The van der Waals surface area contributed by atoms with Crippen molar-refractivity contribution < 1.29 is 13.9 Å². The van der Waals surface area contributed by atoms with Gasteiger partial charge in [-0.1, -0.05) is 0 Å². The van der Waals surface area contributed by atoms with Gasteiger partial charge in [0.1, 0.15) is 12.5 Å². The molecule has 0 aromatic carbocycles. The van der Waals surface area contributed by atoms with Crippen molar-refractivity contribution in [3.8, 4) is 0 Å². The predicted molar refractivity (Wildman–Crippen MR) is 37.0 cm³/mol. The first kappa shape index (κ1) is 7.22. The average Bonchev–Trinajstić information content (AvgIpc) is 2.39. The molecule has 0 aromatic heterocycles. The van der Waals surface area contributed by atoms with Gasteiger partial charge in [-0.15, -0.1) is 0 Å². The fourth-order valence-corrected chi connectivity index (χ4v) is 2.16. The molecule has 2 heterocycles. The van der Waals surface area contributed by atoms with Crippen LogP contribution in [0.2, 0.25) is 0 Å². The molecule has 3 aliphatic rings. The Morgan fingerprint density at radius 2 is 2.27 bits per heavy atom. The van der Waals surface area contributed by atoms with Crippen LogP contribution < -0.4 is 0 Å². The van der Waals surface area contributed by atoms with E-state index < -0.39 is 12.3 Å². The minimum Gasteiger partial charge on any atom is -0.371 e. The monoisotopic (exact) mass is 158 g/mol. The first-order chi connectivity index (χ1) is 5.13. The highest BCUT2D eigenvalue weighted by molar-refractivity contribution is 5.84. The number of rotatable bonds is 2. The molecule has 0 unspecified atom stereocenters. The molecule has 0 aromatic rings.